The number of aromatic nitrogens is 2. The molecule has 3 aromatic rings. The number of benzene rings is 2. The molecule has 0 radical (unpaired) electrons. The van der Waals surface area contributed by atoms with Crippen molar-refractivity contribution in [1.82, 2.24) is 14.1 Å². The zero-order valence-electron chi connectivity index (χ0n) is 17.5. The molecule has 0 aliphatic carbocycles. The molecule has 0 bridgehead atoms. The molecule has 0 spiro atoms. The van der Waals surface area contributed by atoms with Crippen molar-refractivity contribution in [3.8, 4) is 11.4 Å². The van der Waals surface area contributed by atoms with Gasteiger partial charge in [-0.15, -0.1) is 0 Å². The molecule has 1 aliphatic heterocycles. The summed E-state index contributed by atoms with van der Waals surface area (Å²) in [7, 11) is -2.24. The van der Waals surface area contributed by atoms with Gasteiger partial charge in [-0.05, 0) is 49.2 Å². The maximum atomic E-state index is 13.1. The third-order valence-electron chi connectivity index (χ3n) is 5.30. The van der Waals surface area contributed by atoms with Crippen molar-refractivity contribution in [3.05, 3.63) is 70.5 Å². The minimum absolute atomic E-state index is 0.0943. The molecular weight excluding hydrogens is 434 g/mol. The Labute approximate surface area is 185 Å². The number of methoxy groups -OCH3 is 1. The lowest BCUT2D eigenvalue weighted by Gasteiger charge is -2.18. The number of sulfonamides is 1. The molecule has 2 heterocycles. The summed E-state index contributed by atoms with van der Waals surface area (Å²) >= 11 is 0. The fourth-order valence-electron chi connectivity index (χ4n) is 3.57. The highest BCUT2D eigenvalue weighted by atomic mass is 32.2. The second-order valence-electron chi connectivity index (χ2n) is 7.35. The summed E-state index contributed by atoms with van der Waals surface area (Å²) in [6.07, 6.45) is 3.36. The minimum Gasteiger partial charge on any atom is -0.497 e. The molecule has 0 saturated carbocycles. The van der Waals surface area contributed by atoms with Gasteiger partial charge in [-0.3, -0.25) is 10.1 Å². The van der Waals surface area contributed by atoms with Crippen molar-refractivity contribution < 1.29 is 18.1 Å². The topological polar surface area (TPSA) is 120 Å². The number of non-ortho nitro benzene ring substituents is 1. The molecule has 1 aromatic heterocycles. The zero-order valence-corrected chi connectivity index (χ0v) is 18.3. The Balaban J connectivity index is 1.56. The standard InChI is InChI=1S/C21H23N5O5S/c1-31-19-7-4-17(5-8-19)25-13-10-16(23-25)15-22-20-9-6-18(26(27)28)14-21(20)32(29,30)24-11-2-3-12-24/h4-10,13-14,22H,2-3,11-12,15H2,1H3. The van der Waals surface area contributed by atoms with Crippen LogP contribution in [-0.4, -0.2) is 47.6 Å². The van der Waals surface area contributed by atoms with E-state index < -0.39 is 14.9 Å². The third kappa shape index (κ3) is 4.43. The molecule has 1 aliphatic rings. The molecule has 2 aromatic carbocycles. The largest absolute Gasteiger partial charge is 0.497 e. The molecular formula is C21H23N5O5S. The van der Waals surface area contributed by atoms with Crippen molar-refractivity contribution in [3.63, 3.8) is 0 Å². The van der Waals surface area contributed by atoms with Crippen LogP contribution in [0, 0.1) is 10.1 Å². The first kappa shape index (κ1) is 21.8. The fraction of sp³-hybridized carbons (Fsp3) is 0.286. The van der Waals surface area contributed by atoms with E-state index in [4.69, 9.17) is 4.74 Å². The molecule has 0 amide bonds. The van der Waals surface area contributed by atoms with Crippen LogP contribution >= 0.6 is 0 Å². The van der Waals surface area contributed by atoms with E-state index in [2.05, 4.69) is 10.4 Å². The molecule has 4 rings (SSSR count). The van der Waals surface area contributed by atoms with Gasteiger partial charge in [0.05, 0.1) is 35.6 Å². The Morgan fingerprint density at radius 3 is 2.50 bits per heavy atom. The van der Waals surface area contributed by atoms with Crippen LogP contribution in [-0.2, 0) is 16.6 Å². The van der Waals surface area contributed by atoms with Crippen LogP contribution in [0.15, 0.2) is 59.6 Å². The van der Waals surface area contributed by atoms with Gasteiger partial charge in [0.25, 0.3) is 5.69 Å². The number of ether oxygens (including phenoxy) is 1. The van der Waals surface area contributed by atoms with Gasteiger partial charge in [-0.25, -0.2) is 13.1 Å². The van der Waals surface area contributed by atoms with E-state index in [1.54, 1.807) is 18.0 Å². The Bertz CT molecular complexity index is 1220. The van der Waals surface area contributed by atoms with Crippen LogP contribution in [0.3, 0.4) is 0 Å². The maximum absolute atomic E-state index is 13.1. The summed E-state index contributed by atoms with van der Waals surface area (Å²) in [4.78, 5) is 10.5. The van der Waals surface area contributed by atoms with Gasteiger partial charge in [0, 0.05) is 31.4 Å². The smallest absolute Gasteiger partial charge is 0.270 e. The van der Waals surface area contributed by atoms with Crippen LogP contribution in [0.2, 0.25) is 0 Å². The lowest BCUT2D eigenvalue weighted by Crippen LogP contribution is -2.28. The second-order valence-corrected chi connectivity index (χ2v) is 9.26. The fourth-order valence-corrected chi connectivity index (χ4v) is 5.28. The van der Waals surface area contributed by atoms with Crippen LogP contribution in [0.1, 0.15) is 18.5 Å². The molecule has 0 atom stereocenters. The number of nitrogens with zero attached hydrogens (tertiary/aromatic N) is 4. The molecule has 11 heteroatoms. The highest BCUT2D eigenvalue weighted by Gasteiger charge is 2.31. The van der Waals surface area contributed by atoms with Gasteiger partial charge in [-0.1, -0.05) is 0 Å². The molecule has 1 saturated heterocycles. The average Bonchev–Trinajstić information content (AvgIpc) is 3.50. The number of hydrogen-bond acceptors (Lipinski definition) is 7. The number of anilines is 1. The van der Waals surface area contributed by atoms with Crippen molar-refractivity contribution >= 4 is 21.4 Å². The summed E-state index contributed by atoms with van der Waals surface area (Å²) in [6, 6.07) is 13.1. The monoisotopic (exact) mass is 457 g/mol. The number of rotatable bonds is 8. The highest BCUT2D eigenvalue weighted by Crippen LogP contribution is 2.31. The third-order valence-corrected chi connectivity index (χ3v) is 7.24. The van der Waals surface area contributed by atoms with E-state index >= 15 is 0 Å². The Morgan fingerprint density at radius 1 is 1.12 bits per heavy atom. The average molecular weight is 458 g/mol. The lowest BCUT2D eigenvalue weighted by molar-refractivity contribution is -0.385. The van der Waals surface area contributed by atoms with Crippen LogP contribution in [0.25, 0.3) is 5.69 Å². The van der Waals surface area contributed by atoms with Gasteiger partial charge in [-0.2, -0.15) is 9.40 Å². The summed E-state index contributed by atoms with van der Waals surface area (Å²) in [5.74, 6) is 0.743. The van der Waals surface area contributed by atoms with Crippen LogP contribution in [0.5, 0.6) is 5.75 Å². The highest BCUT2D eigenvalue weighted by molar-refractivity contribution is 7.89. The van der Waals surface area contributed by atoms with Crippen molar-refractivity contribution in [2.24, 2.45) is 0 Å². The Kier molecular flexibility index (Phi) is 6.10. The first-order chi connectivity index (χ1) is 15.4. The van der Waals surface area contributed by atoms with Crippen LogP contribution < -0.4 is 10.1 Å². The summed E-state index contributed by atoms with van der Waals surface area (Å²) in [6.45, 7) is 1.08. The molecule has 1 N–H and O–H groups in total. The van der Waals surface area contributed by atoms with E-state index in [-0.39, 0.29) is 17.1 Å². The molecule has 32 heavy (non-hydrogen) atoms. The number of nitro benzene ring substituents is 1. The van der Waals surface area contributed by atoms with Gasteiger partial charge >= 0.3 is 0 Å². The Hall–Kier alpha value is -3.44. The Morgan fingerprint density at radius 2 is 1.84 bits per heavy atom. The van der Waals surface area contributed by atoms with E-state index in [0.717, 1.165) is 30.3 Å². The van der Waals surface area contributed by atoms with E-state index in [0.29, 0.717) is 24.5 Å². The number of hydrogen-bond donors (Lipinski definition) is 1. The maximum Gasteiger partial charge on any atom is 0.270 e. The van der Waals surface area contributed by atoms with E-state index in [1.165, 1.54) is 16.4 Å². The summed E-state index contributed by atoms with van der Waals surface area (Å²) < 4.78 is 34.5. The van der Waals surface area contributed by atoms with Crippen molar-refractivity contribution in [1.29, 1.82) is 0 Å². The molecule has 168 valence electrons. The lowest BCUT2D eigenvalue weighted by atomic mass is 10.2. The van der Waals surface area contributed by atoms with Gasteiger partial charge in [0.2, 0.25) is 10.0 Å². The predicted molar refractivity (Wildman–Crippen MR) is 119 cm³/mol. The van der Waals surface area contributed by atoms with Crippen molar-refractivity contribution in [2.75, 3.05) is 25.5 Å². The van der Waals surface area contributed by atoms with E-state index in [9.17, 15) is 18.5 Å². The van der Waals surface area contributed by atoms with Crippen molar-refractivity contribution in [2.45, 2.75) is 24.3 Å². The first-order valence-electron chi connectivity index (χ1n) is 10.1. The number of nitro groups is 1. The summed E-state index contributed by atoms with van der Waals surface area (Å²) in [5, 5.41) is 18.8. The summed E-state index contributed by atoms with van der Waals surface area (Å²) in [5.41, 5.74) is 1.58. The van der Waals surface area contributed by atoms with Gasteiger partial charge in [0.1, 0.15) is 10.6 Å². The first-order valence-corrected chi connectivity index (χ1v) is 11.5. The van der Waals surface area contributed by atoms with Gasteiger partial charge in [0.15, 0.2) is 0 Å². The van der Waals surface area contributed by atoms with Crippen LogP contribution in [0.4, 0.5) is 11.4 Å². The SMILES string of the molecule is COc1ccc(-n2ccc(CNc3ccc([N+](=O)[O-])cc3S(=O)(=O)N3CCCC3)n2)cc1. The number of nitrogens with one attached hydrogen (secondary N) is 1. The normalized spacial score (nSPS) is 14.4. The van der Waals surface area contributed by atoms with E-state index in [1.807, 2.05) is 30.3 Å². The molecule has 1 fully saturated rings. The molecule has 0 unspecified atom stereocenters. The predicted octanol–water partition coefficient (Wildman–Crippen LogP) is 3.19. The zero-order chi connectivity index (χ0) is 22.7. The minimum atomic E-state index is -3.85. The second kappa shape index (κ2) is 8.97. The quantitative estimate of drug-likeness (QED) is 0.407. The molecule has 10 nitrogen and oxygen atoms in total. The van der Waals surface area contributed by atoms with Gasteiger partial charge < -0.3 is 10.1 Å².